The number of halogens is 1. The predicted molar refractivity (Wildman–Crippen MR) is 106 cm³/mol. The quantitative estimate of drug-likeness (QED) is 0.367. The van der Waals surface area contributed by atoms with E-state index in [1.165, 1.54) is 4.90 Å². The standard InChI is InChI=1S/C20H28ClNO6/c1-7-26-17(23)15(18(24)27-8-2)16(19(25)28-20(3,4)5)22(6)14-11-9-13(21)10-12-14/h9-12,15-16H,7-8H2,1-6H3. The Morgan fingerprint density at radius 1 is 0.964 bits per heavy atom. The van der Waals surface area contributed by atoms with Crippen LogP contribution in [0.2, 0.25) is 5.02 Å². The van der Waals surface area contributed by atoms with Gasteiger partial charge >= 0.3 is 17.9 Å². The molecule has 0 fully saturated rings. The number of ether oxygens (including phenoxy) is 3. The fraction of sp³-hybridized carbons (Fsp3) is 0.550. The predicted octanol–water partition coefficient (Wildman–Crippen LogP) is 3.23. The minimum absolute atomic E-state index is 0.0560. The Morgan fingerprint density at radius 2 is 1.43 bits per heavy atom. The summed E-state index contributed by atoms with van der Waals surface area (Å²) < 4.78 is 15.6. The molecule has 0 aliphatic heterocycles. The molecule has 0 N–H and O–H groups in total. The molecule has 0 radical (unpaired) electrons. The number of benzene rings is 1. The minimum Gasteiger partial charge on any atom is -0.465 e. The number of likely N-dealkylation sites (N-methyl/N-ethyl adjacent to an activating group) is 1. The number of carbonyl (C=O) groups excluding carboxylic acids is 3. The summed E-state index contributed by atoms with van der Waals surface area (Å²) in [6.45, 7) is 8.45. The number of rotatable bonds is 8. The van der Waals surface area contributed by atoms with Crippen molar-refractivity contribution in [2.24, 2.45) is 5.92 Å². The van der Waals surface area contributed by atoms with Gasteiger partial charge in [-0.05, 0) is 58.9 Å². The topological polar surface area (TPSA) is 82.1 Å². The van der Waals surface area contributed by atoms with Gasteiger partial charge in [-0.15, -0.1) is 0 Å². The van der Waals surface area contributed by atoms with Crippen molar-refractivity contribution in [2.45, 2.75) is 46.3 Å². The van der Waals surface area contributed by atoms with Gasteiger partial charge in [-0.25, -0.2) is 4.79 Å². The second kappa shape index (κ2) is 10.3. The molecule has 8 heteroatoms. The molecular formula is C20H28ClNO6. The molecule has 1 atom stereocenters. The Balaban J connectivity index is 3.42. The highest BCUT2D eigenvalue weighted by molar-refractivity contribution is 6.30. The van der Waals surface area contributed by atoms with Crippen LogP contribution in [0.25, 0.3) is 0 Å². The van der Waals surface area contributed by atoms with E-state index >= 15 is 0 Å². The first-order valence-corrected chi connectivity index (χ1v) is 9.44. The fourth-order valence-corrected chi connectivity index (χ4v) is 2.66. The van der Waals surface area contributed by atoms with E-state index in [9.17, 15) is 14.4 Å². The van der Waals surface area contributed by atoms with Crippen molar-refractivity contribution < 1.29 is 28.6 Å². The second-order valence-electron chi connectivity index (χ2n) is 7.05. The monoisotopic (exact) mass is 413 g/mol. The number of anilines is 1. The number of carbonyl (C=O) groups is 3. The van der Waals surface area contributed by atoms with Crippen molar-refractivity contribution in [3.05, 3.63) is 29.3 Å². The van der Waals surface area contributed by atoms with Crippen molar-refractivity contribution >= 4 is 35.2 Å². The molecule has 28 heavy (non-hydrogen) atoms. The van der Waals surface area contributed by atoms with E-state index in [-0.39, 0.29) is 13.2 Å². The lowest BCUT2D eigenvalue weighted by Gasteiger charge is -2.34. The van der Waals surface area contributed by atoms with Crippen LogP contribution in [0.1, 0.15) is 34.6 Å². The molecule has 1 unspecified atom stereocenters. The summed E-state index contributed by atoms with van der Waals surface area (Å²) in [6, 6.07) is 5.35. The van der Waals surface area contributed by atoms with Gasteiger partial charge in [0.2, 0.25) is 0 Å². The lowest BCUT2D eigenvalue weighted by atomic mass is 9.97. The van der Waals surface area contributed by atoms with Crippen molar-refractivity contribution in [3.8, 4) is 0 Å². The molecular weight excluding hydrogens is 386 g/mol. The molecule has 156 valence electrons. The third kappa shape index (κ3) is 6.71. The van der Waals surface area contributed by atoms with Crippen LogP contribution in [-0.4, -0.2) is 49.8 Å². The van der Waals surface area contributed by atoms with Crippen molar-refractivity contribution in [3.63, 3.8) is 0 Å². The van der Waals surface area contributed by atoms with Crippen molar-refractivity contribution in [1.29, 1.82) is 0 Å². The normalized spacial score (nSPS) is 12.3. The first-order chi connectivity index (χ1) is 13.0. The zero-order valence-corrected chi connectivity index (χ0v) is 17.9. The first kappa shape index (κ1) is 23.8. The maximum Gasteiger partial charge on any atom is 0.330 e. The van der Waals surface area contributed by atoms with E-state index in [0.717, 1.165) is 0 Å². The van der Waals surface area contributed by atoms with Gasteiger partial charge < -0.3 is 19.1 Å². The summed E-state index contributed by atoms with van der Waals surface area (Å²) in [5, 5.41) is 0.512. The summed E-state index contributed by atoms with van der Waals surface area (Å²) in [5.74, 6) is -3.94. The Labute approximate surface area is 170 Å². The number of hydrogen-bond acceptors (Lipinski definition) is 7. The van der Waals surface area contributed by atoms with E-state index in [2.05, 4.69) is 0 Å². The molecule has 0 saturated carbocycles. The molecule has 0 aliphatic rings. The summed E-state index contributed by atoms with van der Waals surface area (Å²) >= 11 is 5.93. The minimum atomic E-state index is -1.50. The Hall–Kier alpha value is -2.28. The van der Waals surface area contributed by atoms with E-state index in [1.54, 1.807) is 65.9 Å². The molecule has 1 aromatic carbocycles. The average Bonchev–Trinajstić information content (AvgIpc) is 2.58. The van der Waals surface area contributed by atoms with Crippen LogP contribution in [0, 0.1) is 5.92 Å². The highest BCUT2D eigenvalue weighted by Gasteiger charge is 2.46. The van der Waals surface area contributed by atoms with Crippen molar-refractivity contribution in [1.82, 2.24) is 0 Å². The molecule has 0 bridgehead atoms. The van der Waals surface area contributed by atoms with E-state index in [4.69, 9.17) is 25.8 Å². The number of hydrogen-bond donors (Lipinski definition) is 0. The van der Waals surface area contributed by atoms with Crippen LogP contribution in [0.15, 0.2) is 24.3 Å². The highest BCUT2D eigenvalue weighted by atomic mass is 35.5. The van der Waals surface area contributed by atoms with Gasteiger partial charge in [-0.3, -0.25) is 9.59 Å². The lowest BCUT2D eigenvalue weighted by molar-refractivity contribution is -0.171. The van der Waals surface area contributed by atoms with Crippen LogP contribution in [0.3, 0.4) is 0 Å². The third-order valence-electron chi connectivity index (χ3n) is 3.70. The largest absolute Gasteiger partial charge is 0.465 e. The molecule has 1 rings (SSSR count). The summed E-state index contributed by atoms with van der Waals surface area (Å²) in [7, 11) is 1.59. The van der Waals surface area contributed by atoms with Gasteiger partial charge in [-0.1, -0.05) is 11.6 Å². The highest BCUT2D eigenvalue weighted by Crippen LogP contribution is 2.26. The van der Waals surface area contributed by atoms with E-state index < -0.39 is 35.5 Å². The molecule has 0 aromatic heterocycles. The Morgan fingerprint density at radius 3 is 1.82 bits per heavy atom. The van der Waals surface area contributed by atoms with Crippen LogP contribution < -0.4 is 4.90 Å². The van der Waals surface area contributed by atoms with Gasteiger partial charge in [0, 0.05) is 17.8 Å². The van der Waals surface area contributed by atoms with Gasteiger partial charge in [0.25, 0.3) is 0 Å². The second-order valence-corrected chi connectivity index (χ2v) is 7.48. The van der Waals surface area contributed by atoms with Crippen LogP contribution >= 0.6 is 11.6 Å². The average molecular weight is 414 g/mol. The van der Waals surface area contributed by atoms with Crippen LogP contribution in [0.5, 0.6) is 0 Å². The van der Waals surface area contributed by atoms with Crippen molar-refractivity contribution in [2.75, 3.05) is 25.2 Å². The van der Waals surface area contributed by atoms with Crippen LogP contribution in [0.4, 0.5) is 5.69 Å². The molecule has 0 spiro atoms. The zero-order valence-electron chi connectivity index (χ0n) is 17.2. The van der Waals surface area contributed by atoms with Gasteiger partial charge in [0.15, 0.2) is 12.0 Å². The van der Waals surface area contributed by atoms with E-state index in [0.29, 0.717) is 10.7 Å². The Bertz CT molecular complexity index is 665. The van der Waals surface area contributed by atoms with Gasteiger partial charge in [0.1, 0.15) is 5.60 Å². The lowest BCUT2D eigenvalue weighted by Crippen LogP contribution is -2.53. The molecule has 0 aliphatic carbocycles. The summed E-state index contributed by atoms with van der Waals surface area (Å²) in [5.41, 5.74) is -0.247. The van der Waals surface area contributed by atoms with E-state index in [1.807, 2.05) is 0 Å². The number of esters is 3. The maximum absolute atomic E-state index is 13.0. The molecule has 0 heterocycles. The van der Waals surface area contributed by atoms with Gasteiger partial charge in [-0.2, -0.15) is 0 Å². The molecule has 0 saturated heterocycles. The zero-order chi connectivity index (χ0) is 21.5. The Kier molecular flexibility index (Phi) is 8.75. The summed E-state index contributed by atoms with van der Waals surface area (Å²) in [6.07, 6.45) is 0. The number of nitrogens with zero attached hydrogens (tertiary/aromatic N) is 1. The molecule has 1 aromatic rings. The molecule has 7 nitrogen and oxygen atoms in total. The molecule has 0 amide bonds. The van der Waals surface area contributed by atoms with Crippen LogP contribution in [-0.2, 0) is 28.6 Å². The summed E-state index contributed by atoms with van der Waals surface area (Å²) in [4.78, 5) is 39.6. The SMILES string of the molecule is CCOC(=O)C(C(=O)OCC)C(C(=O)OC(C)(C)C)N(C)c1ccc(Cl)cc1. The third-order valence-corrected chi connectivity index (χ3v) is 3.95. The first-order valence-electron chi connectivity index (χ1n) is 9.06. The fourth-order valence-electron chi connectivity index (χ4n) is 2.53. The van der Waals surface area contributed by atoms with Gasteiger partial charge in [0.05, 0.1) is 13.2 Å². The maximum atomic E-state index is 13.0. The smallest absolute Gasteiger partial charge is 0.330 e.